The number of nitrogens with zero attached hydrogens (tertiary/aromatic N) is 4. The molecular formula is C23H28N4O2S2. The lowest BCUT2D eigenvalue weighted by Crippen LogP contribution is -2.36. The van der Waals surface area contributed by atoms with Crippen molar-refractivity contribution in [3.63, 3.8) is 0 Å². The molecule has 0 unspecified atom stereocenters. The van der Waals surface area contributed by atoms with Crippen LogP contribution >= 0.6 is 24.0 Å². The smallest absolute Gasteiger partial charge is 0.267 e. The molecule has 164 valence electrons. The first-order valence-electron chi connectivity index (χ1n) is 10.8. The predicted octanol–water partition coefficient (Wildman–Crippen LogP) is 4.10. The molecule has 0 radical (unpaired) electrons. The highest BCUT2D eigenvalue weighted by atomic mass is 32.2. The van der Waals surface area contributed by atoms with E-state index >= 15 is 0 Å². The number of carbonyl (C=O) groups excluding carboxylic acids is 1. The molecule has 31 heavy (non-hydrogen) atoms. The van der Waals surface area contributed by atoms with Gasteiger partial charge in [0, 0.05) is 25.8 Å². The van der Waals surface area contributed by atoms with Crippen LogP contribution in [0.4, 0.5) is 5.82 Å². The molecule has 4 heterocycles. The van der Waals surface area contributed by atoms with Gasteiger partial charge in [0.1, 0.15) is 15.8 Å². The zero-order valence-electron chi connectivity index (χ0n) is 18.4. The normalized spacial score (nSPS) is 19.5. The zero-order valence-corrected chi connectivity index (χ0v) is 20.1. The van der Waals surface area contributed by atoms with E-state index in [-0.39, 0.29) is 11.5 Å². The lowest BCUT2D eigenvalue weighted by atomic mass is 9.99. The number of hydrogen-bond donors (Lipinski definition) is 0. The summed E-state index contributed by atoms with van der Waals surface area (Å²) in [5, 5.41) is 0. The van der Waals surface area contributed by atoms with Crippen LogP contribution in [0.3, 0.4) is 0 Å². The fourth-order valence-corrected chi connectivity index (χ4v) is 5.30. The predicted molar refractivity (Wildman–Crippen MR) is 132 cm³/mol. The molecule has 2 aromatic heterocycles. The van der Waals surface area contributed by atoms with Crippen molar-refractivity contribution < 1.29 is 4.79 Å². The van der Waals surface area contributed by atoms with Gasteiger partial charge in [-0.3, -0.25) is 18.9 Å². The minimum atomic E-state index is -0.156. The second-order valence-electron chi connectivity index (χ2n) is 8.89. The van der Waals surface area contributed by atoms with Crippen molar-refractivity contribution in [1.29, 1.82) is 0 Å². The van der Waals surface area contributed by atoms with Crippen LogP contribution in [0, 0.1) is 18.8 Å². The average Bonchev–Trinajstić information content (AvgIpc) is 2.98. The number of aromatic nitrogens is 2. The van der Waals surface area contributed by atoms with Crippen molar-refractivity contribution >= 4 is 51.7 Å². The highest BCUT2D eigenvalue weighted by Gasteiger charge is 2.33. The number of piperidine rings is 1. The van der Waals surface area contributed by atoms with Gasteiger partial charge in [-0.05, 0) is 49.3 Å². The minimum absolute atomic E-state index is 0.129. The van der Waals surface area contributed by atoms with Crippen LogP contribution in [0.2, 0.25) is 0 Å². The SMILES string of the molecule is Cc1cccn2c(=O)c(C=C3SC(=S)N(CC(C)C)C3=O)c(N3CCC(C)CC3)nc12. The molecule has 2 fully saturated rings. The Hall–Kier alpha value is -2.19. The highest BCUT2D eigenvalue weighted by molar-refractivity contribution is 8.26. The third-order valence-electron chi connectivity index (χ3n) is 5.84. The molecule has 0 aromatic carbocycles. The average molecular weight is 457 g/mol. The molecule has 0 saturated carbocycles. The summed E-state index contributed by atoms with van der Waals surface area (Å²) in [7, 11) is 0. The van der Waals surface area contributed by atoms with Crippen LogP contribution in [0.25, 0.3) is 11.7 Å². The fourth-order valence-electron chi connectivity index (χ4n) is 4.04. The molecule has 2 aromatic rings. The molecule has 6 nitrogen and oxygen atoms in total. The van der Waals surface area contributed by atoms with E-state index in [1.807, 2.05) is 19.1 Å². The van der Waals surface area contributed by atoms with E-state index < -0.39 is 0 Å². The van der Waals surface area contributed by atoms with Gasteiger partial charge in [0.25, 0.3) is 11.5 Å². The Labute approximate surface area is 192 Å². The number of fused-ring (bicyclic) bond motifs is 1. The van der Waals surface area contributed by atoms with E-state index in [4.69, 9.17) is 17.2 Å². The highest BCUT2D eigenvalue weighted by Crippen LogP contribution is 2.34. The summed E-state index contributed by atoms with van der Waals surface area (Å²) in [6, 6.07) is 3.81. The summed E-state index contributed by atoms with van der Waals surface area (Å²) in [5.41, 5.74) is 1.91. The summed E-state index contributed by atoms with van der Waals surface area (Å²) in [5.74, 6) is 1.51. The topological polar surface area (TPSA) is 57.9 Å². The summed E-state index contributed by atoms with van der Waals surface area (Å²) >= 11 is 6.71. The van der Waals surface area contributed by atoms with Crippen molar-refractivity contribution in [2.75, 3.05) is 24.5 Å². The Morgan fingerprint density at radius 3 is 2.68 bits per heavy atom. The largest absolute Gasteiger partial charge is 0.356 e. The van der Waals surface area contributed by atoms with Gasteiger partial charge in [-0.25, -0.2) is 4.98 Å². The van der Waals surface area contributed by atoms with Crippen molar-refractivity contribution in [2.45, 2.75) is 40.5 Å². The van der Waals surface area contributed by atoms with E-state index in [9.17, 15) is 9.59 Å². The standard InChI is InChI=1S/C23H28N4O2S2/c1-14(2)13-27-22(29)18(31-23(27)30)12-17-20(25-10-7-15(3)8-11-25)24-19-16(4)6-5-9-26(19)21(17)28/h5-6,9,12,14-15H,7-8,10-11,13H2,1-4H3. The van der Waals surface area contributed by atoms with Crippen LogP contribution < -0.4 is 10.5 Å². The lowest BCUT2D eigenvalue weighted by Gasteiger charge is -2.32. The number of aryl methyl sites for hydroxylation is 1. The molecule has 0 aliphatic carbocycles. The van der Waals surface area contributed by atoms with E-state index in [2.05, 4.69) is 25.7 Å². The monoisotopic (exact) mass is 456 g/mol. The Bertz CT molecular complexity index is 1130. The zero-order chi connectivity index (χ0) is 22.3. The molecule has 2 aliphatic rings. The second-order valence-corrected chi connectivity index (χ2v) is 10.6. The Morgan fingerprint density at radius 1 is 1.29 bits per heavy atom. The van der Waals surface area contributed by atoms with Gasteiger partial charge in [-0.1, -0.05) is 50.8 Å². The van der Waals surface area contributed by atoms with E-state index in [1.165, 1.54) is 11.8 Å². The number of hydrogen-bond acceptors (Lipinski definition) is 6. The Balaban J connectivity index is 1.85. The number of thiocarbonyl (C=S) groups is 1. The third kappa shape index (κ3) is 4.28. The van der Waals surface area contributed by atoms with E-state index in [0.717, 1.165) is 31.5 Å². The number of rotatable bonds is 4. The second kappa shape index (κ2) is 8.74. The molecule has 4 rings (SSSR count). The number of anilines is 1. The molecule has 1 amide bonds. The van der Waals surface area contributed by atoms with Crippen LogP contribution in [0.5, 0.6) is 0 Å². The third-order valence-corrected chi connectivity index (χ3v) is 7.22. The van der Waals surface area contributed by atoms with Crippen LogP contribution in [0.15, 0.2) is 28.0 Å². The Morgan fingerprint density at radius 2 is 2.00 bits per heavy atom. The summed E-state index contributed by atoms with van der Waals surface area (Å²) < 4.78 is 2.12. The van der Waals surface area contributed by atoms with Gasteiger partial charge in [0.15, 0.2) is 0 Å². The molecule has 0 spiro atoms. The van der Waals surface area contributed by atoms with Crippen molar-refractivity contribution in [2.24, 2.45) is 11.8 Å². The molecular weight excluding hydrogens is 428 g/mol. The van der Waals surface area contributed by atoms with Gasteiger partial charge in [0.05, 0.1) is 10.5 Å². The molecule has 0 N–H and O–H groups in total. The first-order chi connectivity index (χ1) is 14.8. The maximum Gasteiger partial charge on any atom is 0.267 e. The maximum absolute atomic E-state index is 13.5. The van der Waals surface area contributed by atoms with Crippen LogP contribution in [0.1, 0.15) is 44.7 Å². The summed E-state index contributed by atoms with van der Waals surface area (Å²) in [6.45, 7) is 10.6. The molecule has 0 atom stereocenters. The summed E-state index contributed by atoms with van der Waals surface area (Å²) in [4.78, 5) is 35.8. The number of carbonyl (C=O) groups is 1. The van der Waals surface area contributed by atoms with Crippen molar-refractivity contribution in [1.82, 2.24) is 14.3 Å². The number of amides is 1. The molecule has 0 bridgehead atoms. The summed E-state index contributed by atoms with van der Waals surface area (Å²) in [6.07, 6.45) is 5.56. The van der Waals surface area contributed by atoms with Gasteiger partial charge in [0.2, 0.25) is 0 Å². The fraction of sp³-hybridized carbons (Fsp3) is 0.478. The first kappa shape index (κ1) is 22.0. The number of pyridine rings is 1. The lowest BCUT2D eigenvalue weighted by molar-refractivity contribution is -0.122. The minimum Gasteiger partial charge on any atom is -0.356 e. The molecule has 2 saturated heterocycles. The van der Waals surface area contributed by atoms with E-state index in [0.29, 0.717) is 44.6 Å². The number of thioether (sulfide) groups is 1. The Kier molecular flexibility index (Phi) is 6.21. The van der Waals surface area contributed by atoms with Gasteiger partial charge in [-0.15, -0.1) is 0 Å². The van der Waals surface area contributed by atoms with Crippen LogP contribution in [-0.2, 0) is 4.79 Å². The maximum atomic E-state index is 13.5. The van der Waals surface area contributed by atoms with E-state index in [1.54, 1.807) is 21.6 Å². The van der Waals surface area contributed by atoms with Gasteiger partial charge < -0.3 is 4.90 Å². The van der Waals surface area contributed by atoms with Crippen molar-refractivity contribution in [3.8, 4) is 0 Å². The molecule has 2 aliphatic heterocycles. The van der Waals surface area contributed by atoms with Gasteiger partial charge >= 0.3 is 0 Å². The quantitative estimate of drug-likeness (QED) is 0.510. The van der Waals surface area contributed by atoms with Crippen molar-refractivity contribution in [3.05, 3.63) is 44.7 Å². The van der Waals surface area contributed by atoms with Gasteiger partial charge in [-0.2, -0.15) is 0 Å². The molecule has 8 heteroatoms. The first-order valence-corrected chi connectivity index (χ1v) is 12.0. The van der Waals surface area contributed by atoms with Crippen LogP contribution in [-0.4, -0.2) is 44.1 Å².